The first-order chi connectivity index (χ1) is 9.49. The van der Waals surface area contributed by atoms with Crippen molar-refractivity contribution in [1.82, 2.24) is 9.97 Å². The summed E-state index contributed by atoms with van der Waals surface area (Å²) in [7, 11) is 0. The van der Waals surface area contributed by atoms with Crippen LogP contribution >= 0.6 is 15.9 Å². The van der Waals surface area contributed by atoms with Crippen LogP contribution in [-0.4, -0.2) is 9.97 Å². The standard InChI is InChI=1S/C16H19BrN2O/c1-5-15-18-14(17)9-16(19-15)20-13-8-11(4)6-7-12(13)10(2)3/h6-10H,5H2,1-4H3. The second-order valence-corrected chi connectivity index (χ2v) is 5.91. The molecule has 0 aliphatic heterocycles. The molecular formula is C16H19BrN2O. The van der Waals surface area contributed by atoms with E-state index in [-0.39, 0.29) is 0 Å². The smallest absolute Gasteiger partial charge is 0.223 e. The SMILES string of the molecule is CCc1nc(Br)cc(Oc2cc(C)ccc2C(C)C)n1. The zero-order chi connectivity index (χ0) is 14.7. The quantitative estimate of drug-likeness (QED) is 0.736. The van der Waals surface area contributed by atoms with Crippen LogP contribution in [-0.2, 0) is 6.42 Å². The van der Waals surface area contributed by atoms with Crippen molar-refractivity contribution in [2.75, 3.05) is 0 Å². The largest absolute Gasteiger partial charge is 0.439 e. The number of rotatable bonds is 4. The molecule has 0 N–H and O–H groups in total. The van der Waals surface area contributed by atoms with Crippen LogP contribution in [0.1, 0.15) is 43.6 Å². The normalized spacial score (nSPS) is 10.9. The summed E-state index contributed by atoms with van der Waals surface area (Å²) in [6.45, 7) is 8.40. The first-order valence-corrected chi connectivity index (χ1v) is 7.60. The number of aromatic nitrogens is 2. The Morgan fingerprint density at radius 3 is 2.60 bits per heavy atom. The van der Waals surface area contributed by atoms with Crippen LogP contribution < -0.4 is 4.74 Å². The van der Waals surface area contributed by atoms with Gasteiger partial charge in [0.2, 0.25) is 5.88 Å². The molecule has 106 valence electrons. The summed E-state index contributed by atoms with van der Waals surface area (Å²) in [5.41, 5.74) is 2.36. The van der Waals surface area contributed by atoms with Gasteiger partial charge in [-0.25, -0.2) is 4.98 Å². The molecule has 2 rings (SSSR count). The zero-order valence-corrected chi connectivity index (χ0v) is 13.9. The van der Waals surface area contributed by atoms with Gasteiger partial charge in [0.1, 0.15) is 16.2 Å². The minimum atomic E-state index is 0.404. The Balaban J connectivity index is 2.38. The van der Waals surface area contributed by atoms with Gasteiger partial charge < -0.3 is 4.74 Å². The minimum absolute atomic E-state index is 0.404. The topological polar surface area (TPSA) is 35.0 Å². The van der Waals surface area contributed by atoms with Gasteiger partial charge in [-0.1, -0.05) is 32.9 Å². The maximum Gasteiger partial charge on any atom is 0.223 e. The van der Waals surface area contributed by atoms with E-state index in [0.717, 1.165) is 22.6 Å². The number of hydrogen-bond donors (Lipinski definition) is 0. The molecule has 0 aliphatic rings. The first kappa shape index (κ1) is 15.0. The molecular weight excluding hydrogens is 316 g/mol. The molecule has 1 aromatic carbocycles. The lowest BCUT2D eigenvalue weighted by atomic mass is 10.0. The number of aryl methyl sites for hydroxylation is 2. The van der Waals surface area contributed by atoms with E-state index >= 15 is 0 Å². The van der Waals surface area contributed by atoms with E-state index in [0.29, 0.717) is 11.8 Å². The lowest BCUT2D eigenvalue weighted by Crippen LogP contribution is -1.99. The average Bonchev–Trinajstić information content (AvgIpc) is 2.37. The molecule has 0 bridgehead atoms. The maximum atomic E-state index is 5.99. The van der Waals surface area contributed by atoms with Gasteiger partial charge in [-0.3, -0.25) is 0 Å². The highest BCUT2D eigenvalue weighted by Crippen LogP contribution is 2.31. The van der Waals surface area contributed by atoms with E-state index in [1.165, 1.54) is 11.1 Å². The fraction of sp³-hybridized carbons (Fsp3) is 0.375. The zero-order valence-electron chi connectivity index (χ0n) is 12.3. The Hall–Kier alpha value is -1.42. The highest BCUT2D eigenvalue weighted by Gasteiger charge is 2.11. The third-order valence-corrected chi connectivity index (χ3v) is 3.45. The van der Waals surface area contributed by atoms with Gasteiger partial charge in [-0.05, 0) is 46.0 Å². The van der Waals surface area contributed by atoms with Crippen molar-refractivity contribution >= 4 is 15.9 Å². The molecule has 0 saturated heterocycles. The van der Waals surface area contributed by atoms with Crippen LogP contribution in [0.2, 0.25) is 0 Å². The number of halogens is 1. The fourth-order valence-corrected chi connectivity index (χ4v) is 2.37. The Bertz CT molecular complexity index is 611. The number of hydrogen-bond acceptors (Lipinski definition) is 3. The molecule has 0 atom stereocenters. The van der Waals surface area contributed by atoms with E-state index in [4.69, 9.17) is 4.74 Å². The van der Waals surface area contributed by atoms with Crippen molar-refractivity contribution in [2.24, 2.45) is 0 Å². The number of nitrogens with zero attached hydrogens (tertiary/aromatic N) is 2. The Kier molecular flexibility index (Phi) is 4.76. The van der Waals surface area contributed by atoms with E-state index in [1.807, 2.05) is 6.92 Å². The van der Waals surface area contributed by atoms with Gasteiger partial charge in [0.05, 0.1) is 0 Å². The molecule has 0 aliphatic carbocycles. The summed E-state index contributed by atoms with van der Waals surface area (Å²) < 4.78 is 6.74. The van der Waals surface area contributed by atoms with Gasteiger partial charge in [-0.15, -0.1) is 0 Å². The molecule has 0 fully saturated rings. The van der Waals surface area contributed by atoms with Gasteiger partial charge in [0, 0.05) is 12.5 Å². The van der Waals surface area contributed by atoms with Crippen molar-refractivity contribution < 1.29 is 4.74 Å². The van der Waals surface area contributed by atoms with Crippen molar-refractivity contribution in [3.05, 3.63) is 45.8 Å². The maximum absolute atomic E-state index is 5.99. The molecule has 1 aromatic heterocycles. The van der Waals surface area contributed by atoms with Gasteiger partial charge in [0.25, 0.3) is 0 Å². The average molecular weight is 335 g/mol. The molecule has 4 heteroatoms. The van der Waals surface area contributed by atoms with Gasteiger partial charge in [-0.2, -0.15) is 4.98 Å². The molecule has 0 amide bonds. The van der Waals surface area contributed by atoms with Crippen LogP contribution in [0.5, 0.6) is 11.6 Å². The second-order valence-electron chi connectivity index (χ2n) is 5.10. The molecule has 0 spiro atoms. The Morgan fingerprint density at radius 2 is 1.95 bits per heavy atom. The van der Waals surface area contributed by atoms with Crippen LogP contribution in [0, 0.1) is 6.92 Å². The summed E-state index contributed by atoms with van der Waals surface area (Å²) in [6.07, 6.45) is 0.778. The van der Waals surface area contributed by atoms with Gasteiger partial charge >= 0.3 is 0 Å². The molecule has 0 saturated carbocycles. The van der Waals surface area contributed by atoms with Crippen LogP contribution in [0.3, 0.4) is 0 Å². The van der Waals surface area contributed by atoms with Crippen LogP contribution in [0.4, 0.5) is 0 Å². The summed E-state index contributed by atoms with van der Waals surface area (Å²) in [6, 6.07) is 8.07. The summed E-state index contributed by atoms with van der Waals surface area (Å²) in [5.74, 6) is 2.62. The molecule has 2 aromatic rings. The summed E-state index contributed by atoms with van der Waals surface area (Å²) in [4.78, 5) is 8.71. The third-order valence-electron chi connectivity index (χ3n) is 3.04. The molecule has 1 heterocycles. The highest BCUT2D eigenvalue weighted by atomic mass is 79.9. The minimum Gasteiger partial charge on any atom is -0.439 e. The Morgan fingerprint density at radius 1 is 1.20 bits per heavy atom. The monoisotopic (exact) mass is 334 g/mol. The predicted molar refractivity (Wildman–Crippen MR) is 84.5 cm³/mol. The highest BCUT2D eigenvalue weighted by molar-refractivity contribution is 9.10. The lowest BCUT2D eigenvalue weighted by Gasteiger charge is -2.14. The van der Waals surface area contributed by atoms with Crippen molar-refractivity contribution in [2.45, 2.75) is 40.0 Å². The van der Waals surface area contributed by atoms with Crippen LogP contribution in [0.25, 0.3) is 0 Å². The van der Waals surface area contributed by atoms with E-state index in [9.17, 15) is 0 Å². The molecule has 3 nitrogen and oxygen atoms in total. The predicted octanol–water partition coefficient (Wildman–Crippen LogP) is 5.03. The van der Waals surface area contributed by atoms with Crippen molar-refractivity contribution in [1.29, 1.82) is 0 Å². The third kappa shape index (κ3) is 3.57. The summed E-state index contributed by atoms with van der Waals surface area (Å²) >= 11 is 3.40. The lowest BCUT2D eigenvalue weighted by molar-refractivity contribution is 0.449. The fourth-order valence-electron chi connectivity index (χ4n) is 1.97. The molecule has 0 unspecified atom stereocenters. The first-order valence-electron chi connectivity index (χ1n) is 6.81. The Labute approximate surface area is 128 Å². The molecule has 0 radical (unpaired) electrons. The summed E-state index contributed by atoms with van der Waals surface area (Å²) in [5, 5.41) is 0. The number of benzene rings is 1. The van der Waals surface area contributed by atoms with E-state index in [1.54, 1.807) is 6.07 Å². The number of ether oxygens (including phenoxy) is 1. The van der Waals surface area contributed by atoms with Crippen molar-refractivity contribution in [3.63, 3.8) is 0 Å². The van der Waals surface area contributed by atoms with Crippen molar-refractivity contribution in [3.8, 4) is 11.6 Å². The van der Waals surface area contributed by atoms with E-state index in [2.05, 4.69) is 64.9 Å². The van der Waals surface area contributed by atoms with E-state index < -0.39 is 0 Å². The second kappa shape index (κ2) is 6.35. The van der Waals surface area contributed by atoms with Gasteiger partial charge in [0.15, 0.2) is 0 Å². The van der Waals surface area contributed by atoms with Crippen LogP contribution in [0.15, 0.2) is 28.9 Å². The molecule has 20 heavy (non-hydrogen) atoms.